The number of rotatable bonds is 1. The number of hydrogen-bond donors (Lipinski definition) is 1. The summed E-state index contributed by atoms with van der Waals surface area (Å²) in [7, 11) is 0. The zero-order valence-corrected chi connectivity index (χ0v) is 7.37. The van der Waals surface area contributed by atoms with Crippen LogP contribution in [0.5, 0.6) is 0 Å². The molecule has 0 radical (unpaired) electrons. The number of nitrogens with one attached hydrogen (secondary N) is 1. The normalized spacial score (nSPS) is 37.9. The van der Waals surface area contributed by atoms with E-state index in [2.05, 4.69) is 5.32 Å². The summed E-state index contributed by atoms with van der Waals surface area (Å²) in [5.74, 6) is 0.806. The highest BCUT2D eigenvalue weighted by Crippen LogP contribution is 2.33. The van der Waals surface area contributed by atoms with Gasteiger partial charge in [0.05, 0.1) is 0 Å². The van der Waals surface area contributed by atoms with Gasteiger partial charge in [0.1, 0.15) is 6.17 Å². The number of alkyl halides is 1. The molecule has 1 saturated heterocycles. The third-order valence-corrected chi connectivity index (χ3v) is 2.83. The fourth-order valence-corrected chi connectivity index (χ4v) is 1.92. The zero-order chi connectivity index (χ0) is 6.97. The quantitative estimate of drug-likeness (QED) is 0.649. The van der Waals surface area contributed by atoms with Crippen molar-refractivity contribution in [2.24, 2.45) is 5.92 Å². The lowest BCUT2D eigenvalue weighted by Crippen LogP contribution is -2.34. The minimum absolute atomic E-state index is 0. The molecule has 0 bridgehead atoms. The van der Waals surface area contributed by atoms with Crippen LogP contribution in [0, 0.1) is 5.92 Å². The molecule has 1 N–H and O–H groups in total. The molecule has 66 valence electrons. The van der Waals surface area contributed by atoms with Crippen LogP contribution in [0.3, 0.4) is 0 Å². The van der Waals surface area contributed by atoms with Gasteiger partial charge in [-0.05, 0) is 25.2 Å². The van der Waals surface area contributed by atoms with E-state index in [1.807, 2.05) is 0 Å². The topological polar surface area (TPSA) is 12.0 Å². The van der Waals surface area contributed by atoms with Crippen LogP contribution in [0.1, 0.15) is 25.7 Å². The van der Waals surface area contributed by atoms with Crippen molar-refractivity contribution in [1.29, 1.82) is 0 Å². The van der Waals surface area contributed by atoms with Crippen molar-refractivity contribution in [1.82, 2.24) is 5.32 Å². The van der Waals surface area contributed by atoms with Crippen molar-refractivity contribution in [3.8, 4) is 0 Å². The van der Waals surface area contributed by atoms with Crippen LogP contribution in [-0.4, -0.2) is 18.8 Å². The van der Waals surface area contributed by atoms with Gasteiger partial charge >= 0.3 is 0 Å². The Morgan fingerprint density at radius 3 is 2.36 bits per heavy atom. The summed E-state index contributed by atoms with van der Waals surface area (Å²) >= 11 is 0. The Morgan fingerprint density at radius 2 is 2.00 bits per heavy atom. The largest absolute Gasteiger partial charge is 0.311 e. The molecule has 1 heterocycles. The van der Waals surface area contributed by atoms with Crippen molar-refractivity contribution >= 4 is 12.4 Å². The van der Waals surface area contributed by atoms with Gasteiger partial charge in [-0.1, -0.05) is 6.42 Å². The molecule has 2 rings (SSSR count). The van der Waals surface area contributed by atoms with E-state index in [0.717, 1.165) is 12.3 Å². The molecule has 0 spiro atoms. The standard InChI is InChI=1S/C8H14FN.ClH/c9-7-4-8(10-5-7)6-2-1-3-6;/h6-8,10H,1-5H2;1H. The third kappa shape index (κ3) is 1.85. The molecule has 0 amide bonds. The van der Waals surface area contributed by atoms with E-state index in [-0.39, 0.29) is 12.4 Å². The molecule has 2 fully saturated rings. The number of halogens is 2. The highest BCUT2D eigenvalue weighted by molar-refractivity contribution is 5.85. The Kier molecular flexibility index (Phi) is 3.14. The Bertz CT molecular complexity index is 127. The van der Waals surface area contributed by atoms with Gasteiger partial charge in [0.25, 0.3) is 0 Å². The maximum absolute atomic E-state index is 12.6. The van der Waals surface area contributed by atoms with Gasteiger partial charge in [0.2, 0.25) is 0 Å². The molecule has 3 heteroatoms. The zero-order valence-electron chi connectivity index (χ0n) is 6.55. The molecule has 2 unspecified atom stereocenters. The van der Waals surface area contributed by atoms with E-state index in [4.69, 9.17) is 0 Å². The van der Waals surface area contributed by atoms with E-state index in [1.54, 1.807) is 0 Å². The van der Waals surface area contributed by atoms with E-state index in [0.29, 0.717) is 12.6 Å². The maximum atomic E-state index is 12.6. The lowest BCUT2D eigenvalue weighted by atomic mass is 9.79. The molecule has 0 aromatic heterocycles. The van der Waals surface area contributed by atoms with Crippen molar-refractivity contribution < 1.29 is 4.39 Å². The molecule has 1 saturated carbocycles. The van der Waals surface area contributed by atoms with E-state index in [9.17, 15) is 4.39 Å². The monoisotopic (exact) mass is 179 g/mol. The van der Waals surface area contributed by atoms with E-state index in [1.165, 1.54) is 19.3 Å². The SMILES string of the molecule is Cl.FC1CNC(C2CCC2)C1. The van der Waals surface area contributed by atoms with Crippen LogP contribution in [0.15, 0.2) is 0 Å². The molecule has 2 atom stereocenters. The van der Waals surface area contributed by atoms with Crippen LogP contribution in [-0.2, 0) is 0 Å². The van der Waals surface area contributed by atoms with Gasteiger partial charge in [-0.2, -0.15) is 0 Å². The predicted molar refractivity (Wildman–Crippen MR) is 45.9 cm³/mol. The van der Waals surface area contributed by atoms with Crippen molar-refractivity contribution in [2.45, 2.75) is 37.9 Å². The summed E-state index contributed by atoms with van der Waals surface area (Å²) in [5, 5.41) is 3.23. The second kappa shape index (κ2) is 3.72. The van der Waals surface area contributed by atoms with Crippen LogP contribution in [0.4, 0.5) is 4.39 Å². The second-order valence-electron chi connectivity index (χ2n) is 3.54. The molecular formula is C8H15ClFN. The van der Waals surface area contributed by atoms with Gasteiger partial charge in [0.15, 0.2) is 0 Å². The summed E-state index contributed by atoms with van der Waals surface area (Å²) in [6.07, 6.45) is 4.21. The first-order chi connectivity index (χ1) is 4.86. The Morgan fingerprint density at radius 1 is 1.27 bits per heavy atom. The van der Waals surface area contributed by atoms with Crippen molar-refractivity contribution in [3.63, 3.8) is 0 Å². The Labute approximate surface area is 73.2 Å². The van der Waals surface area contributed by atoms with Gasteiger partial charge < -0.3 is 5.32 Å². The second-order valence-corrected chi connectivity index (χ2v) is 3.54. The molecule has 1 aliphatic carbocycles. The first kappa shape index (κ1) is 9.27. The van der Waals surface area contributed by atoms with E-state index < -0.39 is 6.17 Å². The molecule has 1 aliphatic heterocycles. The van der Waals surface area contributed by atoms with Crippen LogP contribution < -0.4 is 5.32 Å². The minimum atomic E-state index is -0.564. The fourth-order valence-electron chi connectivity index (χ4n) is 1.92. The smallest absolute Gasteiger partial charge is 0.114 e. The first-order valence-electron chi connectivity index (χ1n) is 4.24. The minimum Gasteiger partial charge on any atom is -0.311 e. The molecule has 11 heavy (non-hydrogen) atoms. The van der Waals surface area contributed by atoms with Crippen molar-refractivity contribution in [3.05, 3.63) is 0 Å². The maximum Gasteiger partial charge on any atom is 0.114 e. The first-order valence-corrected chi connectivity index (χ1v) is 4.24. The lowest BCUT2D eigenvalue weighted by Gasteiger charge is -2.31. The fraction of sp³-hybridized carbons (Fsp3) is 1.00. The van der Waals surface area contributed by atoms with Crippen LogP contribution >= 0.6 is 12.4 Å². The van der Waals surface area contributed by atoms with Gasteiger partial charge in [-0.15, -0.1) is 12.4 Å². The predicted octanol–water partition coefficient (Wildman–Crippen LogP) is 1.91. The molecule has 0 aromatic carbocycles. The Hall–Kier alpha value is 0.180. The molecular weight excluding hydrogens is 165 g/mol. The average Bonchev–Trinajstić information content (AvgIpc) is 2.10. The highest BCUT2D eigenvalue weighted by Gasteiger charge is 2.33. The van der Waals surface area contributed by atoms with Gasteiger partial charge in [-0.25, -0.2) is 4.39 Å². The lowest BCUT2D eigenvalue weighted by molar-refractivity contribution is 0.236. The van der Waals surface area contributed by atoms with Crippen molar-refractivity contribution in [2.75, 3.05) is 6.54 Å². The summed E-state index contributed by atoms with van der Waals surface area (Å²) in [6, 6.07) is 0.517. The molecule has 0 aromatic rings. The highest BCUT2D eigenvalue weighted by atomic mass is 35.5. The van der Waals surface area contributed by atoms with E-state index >= 15 is 0 Å². The summed E-state index contributed by atoms with van der Waals surface area (Å²) in [5.41, 5.74) is 0. The summed E-state index contributed by atoms with van der Waals surface area (Å²) in [4.78, 5) is 0. The average molecular weight is 180 g/mol. The molecule has 2 aliphatic rings. The molecule has 1 nitrogen and oxygen atoms in total. The summed E-state index contributed by atoms with van der Waals surface area (Å²) in [6.45, 7) is 0.598. The third-order valence-electron chi connectivity index (χ3n) is 2.83. The van der Waals surface area contributed by atoms with Crippen LogP contribution in [0.25, 0.3) is 0 Å². The van der Waals surface area contributed by atoms with Gasteiger partial charge in [0, 0.05) is 12.6 Å². The Balaban J connectivity index is 0.000000605. The number of hydrogen-bond acceptors (Lipinski definition) is 1. The van der Waals surface area contributed by atoms with Gasteiger partial charge in [-0.3, -0.25) is 0 Å². The van der Waals surface area contributed by atoms with Crippen LogP contribution in [0.2, 0.25) is 0 Å². The summed E-state index contributed by atoms with van der Waals surface area (Å²) < 4.78 is 12.6.